The van der Waals surface area contributed by atoms with E-state index in [2.05, 4.69) is 5.43 Å². The summed E-state index contributed by atoms with van der Waals surface area (Å²) in [5, 5.41) is 11.7. The fourth-order valence-corrected chi connectivity index (χ4v) is 2.84. The number of rotatable bonds is 4. The second-order valence-electron chi connectivity index (χ2n) is 3.61. The number of nitrogens with two attached hydrogens (primary N) is 1. The molecule has 0 bridgehead atoms. The zero-order valence-electron chi connectivity index (χ0n) is 9.67. The van der Waals surface area contributed by atoms with Gasteiger partial charge < -0.3 is 5.43 Å². The van der Waals surface area contributed by atoms with E-state index in [0.717, 1.165) is 4.90 Å². The van der Waals surface area contributed by atoms with Crippen molar-refractivity contribution in [1.29, 1.82) is 0 Å². The zero-order valence-corrected chi connectivity index (χ0v) is 11.2. The lowest BCUT2D eigenvalue weighted by molar-refractivity contribution is -0.386. The molecule has 0 saturated heterocycles. The summed E-state index contributed by atoms with van der Waals surface area (Å²) in [4.78, 5) is 12.0. The van der Waals surface area contributed by atoms with E-state index in [1.807, 2.05) is 6.07 Å². The van der Waals surface area contributed by atoms with Gasteiger partial charge in [-0.3, -0.25) is 16.0 Å². The third-order valence-corrected chi connectivity index (χ3v) is 3.64. The molecular formula is C12H10ClN3O2S. The second kappa shape index (κ2) is 5.92. The highest BCUT2D eigenvalue weighted by atomic mass is 35.5. The lowest BCUT2D eigenvalue weighted by Crippen LogP contribution is -2.09. The maximum absolute atomic E-state index is 11.1. The predicted molar refractivity (Wildman–Crippen MR) is 76.5 cm³/mol. The summed E-state index contributed by atoms with van der Waals surface area (Å²) in [7, 11) is 0. The van der Waals surface area contributed by atoms with Gasteiger partial charge in [0.25, 0.3) is 0 Å². The van der Waals surface area contributed by atoms with Crippen LogP contribution in [0, 0.1) is 10.1 Å². The van der Waals surface area contributed by atoms with Crippen LogP contribution in [0.3, 0.4) is 0 Å². The number of hydrogen-bond acceptors (Lipinski definition) is 5. The second-order valence-corrected chi connectivity index (χ2v) is 5.16. The van der Waals surface area contributed by atoms with Gasteiger partial charge in [-0.05, 0) is 30.3 Å². The monoisotopic (exact) mass is 295 g/mol. The molecule has 0 heterocycles. The summed E-state index contributed by atoms with van der Waals surface area (Å²) >= 11 is 7.16. The molecule has 0 aliphatic rings. The summed E-state index contributed by atoms with van der Waals surface area (Å²) in [5.74, 6) is 5.29. The van der Waals surface area contributed by atoms with Crippen molar-refractivity contribution in [3.63, 3.8) is 0 Å². The van der Waals surface area contributed by atoms with Gasteiger partial charge in [-0.15, -0.1) is 0 Å². The first kappa shape index (κ1) is 13.7. The molecule has 5 nitrogen and oxygen atoms in total. The quantitative estimate of drug-likeness (QED) is 0.511. The van der Waals surface area contributed by atoms with E-state index in [-0.39, 0.29) is 11.4 Å². The number of benzene rings is 2. The number of anilines is 1. The van der Waals surface area contributed by atoms with E-state index in [1.165, 1.54) is 11.8 Å². The fraction of sp³-hybridized carbons (Fsp3) is 0. The molecule has 0 amide bonds. The van der Waals surface area contributed by atoms with Gasteiger partial charge >= 0.3 is 5.69 Å². The van der Waals surface area contributed by atoms with Crippen LogP contribution in [-0.2, 0) is 0 Å². The van der Waals surface area contributed by atoms with Gasteiger partial charge in [0.05, 0.1) is 9.82 Å². The molecule has 0 aliphatic heterocycles. The Hall–Kier alpha value is -1.76. The van der Waals surface area contributed by atoms with Gasteiger partial charge in [-0.1, -0.05) is 35.5 Å². The molecule has 3 N–H and O–H groups in total. The van der Waals surface area contributed by atoms with E-state index in [0.29, 0.717) is 9.92 Å². The lowest BCUT2D eigenvalue weighted by Gasteiger charge is -2.07. The number of nitro groups is 1. The average Bonchev–Trinajstić information content (AvgIpc) is 2.38. The molecule has 2 aromatic carbocycles. The number of nitrogen functional groups attached to an aromatic ring is 1. The van der Waals surface area contributed by atoms with Crippen LogP contribution in [0.25, 0.3) is 0 Å². The summed E-state index contributed by atoms with van der Waals surface area (Å²) in [6.45, 7) is 0. The van der Waals surface area contributed by atoms with Crippen molar-refractivity contribution in [3.8, 4) is 0 Å². The van der Waals surface area contributed by atoms with Crippen molar-refractivity contribution in [2.45, 2.75) is 9.79 Å². The molecule has 19 heavy (non-hydrogen) atoms. The Morgan fingerprint density at radius 3 is 2.63 bits per heavy atom. The first-order valence-electron chi connectivity index (χ1n) is 5.29. The third kappa shape index (κ3) is 3.17. The van der Waals surface area contributed by atoms with Crippen molar-refractivity contribution in [1.82, 2.24) is 0 Å². The fourth-order valence-electron chi connectivity index (χ4n) is 1.57. The summed E-state index contributed by atoms with van der Waals surface area (Å²) < 4.78 is 0. The van der Waals surface area contributed by atoms with E-state index in [9.17, 15) is 10.1 Å². The Labute approximate surface area is 118 Å². The first-order chi connectivity index (χ1) is 9.11. The number of halogens is 1. The van der Waals surface area contributed by atoms with Crippen LogP contribution in [0.2, 0.25) is 5.02 Å². The number of nitrogens with one attached hydrogen (secondary N) is 1. The number of nitrogens with zero attached hydrogens (tertiary/aromatic N) is 1. The normalized spacial score (nSPS) is 10.2. The largest absolute Gasteiger partial charge is 0.318 e. The van der Waals surface area contributed by atoms with Crippen molar-refractivity contribution < 1.29 is 4.92 Å². The number of hydrogen-bond donors (Lipinski definition) is 2. The summed E-state index contributed by atoms with van der Waals surface area (Å²) in [5.41, 5.74) is 2.56. The highest BCUT2D eigenvalue weighted by Crippen LogP contribution is 2.39. The smallest absolute Gasteiger partial charge is 0.307 e. The minimum atomic E-state index is -0.456. The molecule has 0 radical (unpaired) electrons. The van der Waals surface area contributed by atoms with Crippen molar-refractivity contribution in [2.24, 2.45) is 5.84 Å². The van der Waals surface area contributed by atoms with Gasteiger partial charge in [-0.25, -0.2) is 0 Å². The van der Waals surface area contributed by atoms with Crippen LogP contribution in [0.1, 0.15) is 0 Å². The molecule has 2 rings (SSSR count). The van der Waals surface area contributed by atoms with Crippen LogP contribution in [0.4, 0.5) is 11.4 Å². The topological polar surface area (TPSA) is 81.2 Å². The Balaban J connectivity index is 2.42. The minimum absolute atomic E-state index is 0.0463. The van der Waals surface area contributed by atoms with Crippen LogP contribution in [0.5, 0.6) is 0 Å². The standard InChI is InChI=1S/C12H10ClN3O2S/c13-8-3-1-4-9(7-8)19-11-6-2-5-10(15-14)12(11)16(17)18/h1-7,15H,14H2. The van der Waals surface area contributed by atoms with Gasteiger partial charge in [0.1, 0.15) is 5.69 Å². The number of para-hydroxylation sites is 1. The maximum Gasteiger partial charge on any atom is 0.307 e. The molecule has 2 aromatic rings. The molecule has 0 atom stereocenters. The highest BCUT2D eigenvalue weighted by Gasteiger charge is 2.19. The van der Waals surface area contributed by atoms with Crippen molar-refractivity contribution in [2.75, 3.05) is 5.43 Å². The van der Waals surface area contributed by atoms with E-state index in [1.54, 1.807) is 36.4 Å². The van der Waals surface area contributed by atoms with E-state index < -0.39 is 4.92 Å². The number of hydrazine groups is 1. The lowest BCUT2D eigenvalue weighted by atomic mass is 10.3. The predicted octanol–water partition coefficient (Wildman–Crippen LogP) is 3.69. The molecule has 98 valence electrons. The Morgan fingerprint density at radius 2 is 2.00 bits per heavy atom. The Morgan fingerprint density at radius 1 is 1.26 bits per heavy atom. The van der Waals surface area contributed by atoms with Crippen LogP contribution in [-0.4, -0.2) is 4.92 Å². The van der Waals surface area contributed by atoms with Gasteiger partial charge in [-0.2, -0.15) is 0 Å². The number of nitro benzene ring substituents is 1. The highest BCUT2D eigenvalue weighted by molar-refractivity contribution is 7.99. The molecule has 0 unspecified atom stereocenters. The Bertz CT molecular complexity index is 622. The first-order valence-corrected chi connectivity index (χ1v) is 6.48. The van der Waals surface area contributed by atoms with Crippen LogP contribution in [0.15, 0.2) is 52.3 Å². The average molecular weight is 296 g/mol. The summed E-state index contributed by atoms with van der Waals surface area (Å²) in [6, 6.07) is 12.1. The van der Waals surface area contributed by atoms with Gasteiger partial charge in [0, 0.05) is 9.92 Å². The van der Waals surface area contributed by atoms with Gasteiger partial charge in [0.2, 0.25) is 0 Å². The van der Waals surface area contributed by atoms with Crippen molar-refractivity contribution in [3.05, 3.63) is 57.6 Å². The van der Waals surface area contributed by atoms with Crippen LogP contribution >= 0.6 is 23.4 Å². The minimum Gasteiger partial charge on any atom is -0.318 e. The van der Waals surface area contributed by atoms with Crippen LogP contribution < -0.4 is 11.3 Å². The summed E-state index contributed by atoms with van der Waals surface area (Å²) in [6.07, 6.45) is 0. The molecular weight excluding hydrogens is 286 g/mol. The van der Waals surface area contributed by atoms with E-state index >= 15 is 0 Å². The molecule has 0 aliphatic carbocycles. The molecule has 0 aromatic heterocycles. The molecule has 0 saturated carbocycles. The van der Waals surface area contributed by atoms with Gasteiger partial charge in [0.15, 0.2) is 0 Å². The zero-order chi connectivity index (χ0) is 13.8. The molecule has 0 spiro atoms. The third-order valence-electron chi connectivity index (χ3n) is 2.36. The maximum atomic E-state index is 11.1. The SMILES string of the molecule is NNc1cccc(Sc2cccc(Cl)c2)c1[N+](=O)[O-]. The Kier molecular flexibility index (Phi) is 4.26. The van der Waals surface area contributed by atoms with Crippen molar-refractivity contribution >= 4 is 34.7 Å². The molecule has 7 heteroatoms. The molecule has 0 fully saturated rings. The van der Waals surface area contributed by atoms with E-state index in [4.69, 9.17) is 17.4 Å².